The minimum atomic E-state index is -0.236. The Morgan fingerprint density at radius 3 is 2.86 bits per heavy atom. The Labute approximate surface area is 127 Å². The van der Waals surface area contributed by atoms with E-state index in [9.17, 15) is 4.79 Å². The summed E-state index contributed by atoms with van der Waals surface area (Å²) in [5, 5.41) is 0.762. The zero-order valence-corrected chi connectivity index (χ0v) is 12.3. The summed E-state index contributed by atoms with van der Waals surface area (Å²) < 4.78 is 1.60. The highest BCUT2D eigenvalue weighted by atomic mass is 35.5. The van der Waals surface area contributed by atoms with Crippen molar-refractivity contribution >= 4 is 23.4 Å². The maximum absolute atomic E-state index is 11.4. The molecule has 0 fully saturated rings. The van der Waals surface area contributed by atoms with Gasteiger partial charge in [0.15, 0.2) is 5.16 Å². The zero-order chi connectivity index (χ0) is 14.8. The highest BCUT2D eigenvalue weighted by molar-refractivity contribution is 7.99. The van der Waals surface area contributed by atoms with Crippen molar-refractivity contribution in [3.63, 3.8) is 0 Å². The molecule has 0 radical (unpaired) electrons. The van der Waals surface area contributed by atoms with Crippen molar-refractivity contribution in [1.29, 1.82) is 0 Å². The molecule has 0 aliphatic heterocycles. The molecule has 106 valence electrons. The predicted octanol–water partition coefficient (Wildman–Crippen LogP) is 1.25. The van der Waals surface area contributed by atoms with Crippen LogP contribution in [0.5, 0.6) is 0 Å². The molecule has 0 aliphatic rings. The molecule has 0 spiro atoms. The number of aromatic nitrogens is 7. The van der Waals surface area contributed by atoms with Gasteiger partial charge in [-0.2, -0.15) is 15.0 Å². The van der Waals surface area contributed by atoms with Gasteiger partial charge in [-0.15, -0.1) is 0 Å². The first-order chi connectivity index (χ1) is 10.1. The van der Waals surface area contributed by atoms with Crippen LogP contribution in [-0.4, -0.2) is 34.5 Å². The average Bonchev–Trinajstić information content (AvgIpc) is 2.90. The highest BCUT2D eigenvalue weighted by Gasteiger charge is 2.10. The van der Waals surface area contributed by atoms with Crippen LogP contribution in [0.2, 0.25) is 5.28 Å². The Bertz CT molecular complexity index is 833. The molecule has 0 saturated heterocycles. The second kappa shape index (κ2) is 5.62. The summed E-state index contributed by atoms with van der Waals surface area (Å²) in [6.45, 7) is 1.73. The van der Waals surface area contributed by atoms with Crippen LogP contribution in [0.1, 0.15) is 5.69 Å². The number of halogens is 1. The van der Waals surface area contributed by atoms with Gasteiger partial charge in [-0.25, -0.2) is 9.97 Å². The van der Waals surface area contributed by atoms with Gasteiger partial charge in [0.1, 0.15) is 6.33 Å². The van der Waals surface area contributed by atoms with Gasteiger partial charge in [-0.05, 0) is 30.3 Å². The Morgan fingerprint density at radius 2 is 2.14 bits per heavy atom. The lowest BCUT2D eigenvalue weighted by atomic mass is 10.5. The van der Waals surface area contributed by atoms with Crippen molar-refractivity contribution in [3.8, 4) is 5.95 Å². The van der Waals surface area contributed by atoms with Gasteiger partial charge in [0.25, 0.3) is 5.56 Å². The lowest BCUT2D eigenvalue weighted by Crippen LogP contribution is -2.08. The number of rotatable bonds is 3. The van der Waals surface area contributed by atoms with Crippen LogP contribution in [0.25, 0.3) is 5.95 Å². The van der Waals surface area contributed by atoms with Crippen molar-refractivity contribution in [2.24, 2.45) is 0 Å². The number of aryl methyl sites for hydroxylation is 1. The van der Waals surface area contributed by atoms with Crippen LogP contribution in [0.15, 0.2) is 39.9 Å². The van der Waals surface area contributed by atoms with Gasteiger partial charge in [-0.3, -0.25) is 9.36 Å². The molecule has 8 nitrogen and oxygen atoms in total. The van der Waals surface area contributed by atoms with Crippen LogP contribution < -0.4 is 5.56 Å². The topological polar surface area (TPSA) is 102 Å². The SMILES string of the molecule is Cc1cc(=O)[nH]c(Sc2nc(Cl)nc(-n3ccnc3)n2)n1. The Morgan fingerprint density at radius 1 is 1.29 bits per heavy atom. The predicted molar refractivity (Wildman–Crippen MR) is 75.7 cm³/mol. The second-order valence-electron chi connectivity index (χ2n) is 3.95. The number of hydrogen-bond donors (Lipinski definition) is 1. The molecule has 0 aliphatic carbocycles. The number of nitrogens with zero attached hydrogens (tertiary/aromatic N) is 6. The molecular formula is C11H8ClN7OS. The fourth-order valence-corrected chi connectivity index (χ4v) is 2.53. The second-order valence-corrected chi connectivity index (χ2v) is 5.24. The molecule has 0 aromatic carbocycles. The molecule has 3 aromatic rings. The Balaban J connectivity index is 1.97. The van der Waals surface area contributed by atoms with E-state index < -0.39 is 0 Å². The van der Waals surface area contributed by atoms with Crippen molar-refractivity contribution in [1.82, 2.24) is 34.5 Å². The minimum absolute atomic E-state index is 0.0474. The Hall–Kier alpha value is -2.26. The van der Waals surface area contributed by atoms with Crippen LogP contribution in [0, 0.1) is 6.92 Å². The summed E-state index contributed by atoms with van der Waals surface area (Å²) in [5.41, 5.74) is 0.372. The summed E-state index contributed by atoms with van der Waals surface area (Å²) in [7, 11) is 0. The van der Waals surface area contributed by atoms with E-state index in [1.807, 2.05) is 0 Å². The first-order valence-corrected chi connectivity index (χ1v) is 6.95. The lowest BCUT2D eigenvalue weighted by molar-refractivity contribution is 0.816. The van der Waals surface area contributed by atoms with E-state index in [1.54, 1.807) is 30.2 Å². The molecule has 3 heterocycles. The highest BCUT2D eigenvalue weighted by Crippen LogP contribution is 2.21. The number of imidazole rings is 1. The van der Waals surface area contributed by atoms with Crippen molar-refractivity contribution in [2.45, 2.75) is 17.2 Å². The summed E-state index contributed by atoms with van der Waals surface area (Å²) in [5.74, 6) is 0.338. The fourth-order valence-electron chi connectivity index (χ4n) is 1.55. The van der Waals surface area contributed by atoms with Gasteiger partial charge < -0.3 is 4.98 Å². The summed E-state index contributed by atoms with van der Waals surface area (Å²) in [6.07, 6.45) is 4.84. The van der Waals surface area contributed by atoms with Gasteiger partial charge in [0, 0.05) is 24.2 Å². The molecule has 21 heavy (non-hydrogen) atoms. The molecule has 3 rings (SSSR count). The van der Waals surface area contributed by atoms with Crippen molar-refractivity contribution in [3.05, 3.63) is 46.1 Å². The maximum atomic E-state index is 11.4. The maximum Gasteiger partial charge on any atom is 0.251 e. The van der Waals surface area contributed by atoms with Gasteiger partial charge in [-0.1, -0.05) is 0 Å². The van der Waals surface area contributed by atoms with Crippen LogP contribution in [0.3, 0.4) is 0 Å². The number of hydrogen-bond acceptors (Lipinski definition) is 7. The van der Waals surface area contributed by atoms with E-state index in [2.05, 4.69) is 29.9 Å². The molecule has 0 unspecified atom stereocenters. The molecule has 0 bridgehead atoms. The van der Waals surface area contributed by atoms with E-state index in [4.69, 9.17) is 11.6 Å². The third-order valence-electron chi connectivity index (χ3n) is 2.35. The van der Waals surface area contributed by atoms with Crippen molar-refractivity contribution < 1.29 is 0 Å². The van der Waals surface area contributed by atoms with Crippen molar-refractivity contribution in [2.75, 3.05) is 0 Å². The zero-order valence-electron chi connectivity index (χ0n) is 10.7. The first kappa shape index (κ1) is 13.7. The quantitative estimate of drug-likeness (QED) is 0.724. The fraction of sp³-hybridized carbons (Fsp3) is 0.0909. The van der Waals surface area contributed by atoms with E-state index in [-0.39, 0.29) is 10.8 Å². The summed E-state index contributed by atoms with van der Waals surface area (Å²) in [6, 6.07) is 1.40. The Kier molecular flexibility index (Phi) is 3.67. The summed E-state index contributed by atoms with van der Waals surface area (Å²) >= 11 is 6.99. The smallest absolute Gasteiger partial charge is 0.251 e. The standard InChI is InChI=1S/C11H8ClN7OS/c1-6-4-7(20)15-10(14-6)21-11-17-8(12)16-9(18-11)19-3-2-13-5-19/h2-5H,1H3,(H,14,15,20). The molecule has 0 atom stereocenters. The monoisotopic (exact) mass is 321 g/mol. The molecule has 10 heteroatoms. The van der Waals surface area contributed by atoms with Gasteiger partial charge in [0.05, 0.1) is 0 Å². The van der Waals surface area contributed by atoms with Gasteiger partial charge in [0.2, 0.25) is 16.4 Å². The third-order valence-corrected chi connectivity index (χ3v) is 3.27. The average molecular weight is 322 g/mol. The molecule has 0 saturated carbocycles. The van der Waals surface area contributed by atoms with E-state index in [1.165, 1.54) is 6.07 Å². The minimum Gasteiger partial charge on any atom is -0.301 e. The molecule has 3 aromatic heterocycles. The lowest BCUT2D eigenvalue weighted by Gasteiger charge is -2.04. The van der Waals surface area contributed by atoms with Crippen LogP contribution in [-0.2, 0) is 0 Å². The van der Waals surface area contributed by atoms with E-state index in [0.717, 1.165) is 11.8 Å². The van der Waals surface area contributed by atoms with E-state index >= 15 is 0 Å². The summed E-state index contributed by atoms with van der Waals surface area (Å²) in [4.78, 5) is 34.4. The van der Waals surface area contributed by atoms with Gasteiger partial charge >= 0.3 is 0 Å². The first-order valence-electron chi connectivity index (χ1n) is 5.76. The third kappa shape index (κ3) is 3.26. The number of H-pyrrole nitrogens is 1. The normalized spacial score (nSPS) is 10.8. The van der Waals surface area contributed by atoms with E-state index in [0.29, 0.717) is 22.0 Å². The number of nitrogens with one attached hydrogen (secondary N) is 1. The molecular weight excluding hydrogens is 314 g/mol. The van der Waals surface area contributed by atoms with Crippen LogP contribution in [0.4, 0.5) is 0 Å². The molecule has 1 N–H and O–H groups in total. The molecule has 0 amide bonds. The van der Waals surface area contributed by atoms with Crippen LogP contribution >= 0.6 is 23.4 Å². The number of aromatic amines is 1. The largest absolute Gasteiger partial charge is 0.301 e.